The fourth-order valence-corrected chi connectivity index (χ4v) is 4.43. The number of rotatable bonds is 10. The molecule has 0 fully saturated rings. The number of aliphatic hydroxyl groups is 1. The number of nitrogens with one attached hydrogen (secondary N) is 1. The van der Waals surface area contributed by atoms with Gasteiger partial charge in [0.25, 0.3) is 5.91 Å². The lowest BCUT2D eigenvalue weighted by molar-refractivity contribution is -0.146. The molecule has 2 rings (SSSR count). The first-order chi connectivity index (χ1) is 17.4. The molecule has 0 bridgehead atoms. The van der Waals surface area contributed by atoms with Gasteiger partial charge in [-0.2, -0.15) is 0 Å². The fraction of sp³-hybridized carbons (Fsp3) is 0.500. The highest BCUT2D eigenvalue weighted by Gasteiger charge is 2.31. The fourth-order valence-electron chi connectivity index (χ4n) is 4.43. The van der Waals surface area contributed by atoms with Crippen LogP contribution >= 0.6 is 0 Å². The lowest BCUT2D eigenvalue weighted by atomic mass is 9.88. The quantitative estimate of drug-likeness (QED) is 0.306. The number of methoxy groups -OCH3 is 1. The summed E-state index contributed by atoms with van der Waals surface area (Å²) >= 11 is 0. The molecular weight excluding hydrogens is 462 g/mol. The SMILES string of the molecule is CCC(CCc1ccc(C(=O)NC(C)(C)C(=O)OC)c(C)c1)c1ccc(C#CC(O)(CC)CC)c(C)c1. The van der Waals surface area contributed by atoms with Crippen LogP contribution in [0.3, 0.4) is 0 Å². The molecular formula is C32H43NO4. The number of aryl methyl sites for hydroxylation is 3. The topological polar surface area (TPSA) is 75.6 Å². The Labute approximate surface area is 223 Å². The second-order valence-corrected chi connectivity index (χ2v) is 10.4. The number of amides is 1. The number of carbonyl (C=O) groups is 2. The molecule has 0 spiro atoms. The van der Waals surface area contributed by atoms with E-state index in [-0.39, 0.29) is 5.91 Å². The van der Waals surface area contributed by atoms with Crippen molar-refractivity contribution in [3.8, 4) is 11.8 Å². The molecule has 2 aromatic rings. The number of carbonyl (C=O) groups excluding carboxylic acids is 2. The van der Waals surface area contributed by atoms with Crippen molar-refractivity contribution in [1.29, 1.82) is 0 Å². The van der Waals surface area contributed by atoms with Crippen LogP contribution in [0, 0.1) is 25.7 Å². The first-order valence-corrected chi connectivity index (χ1v) is 13.3. The lowest BCUT2D eigenvalue weighted by Gasteiger charge is -2.23. The molecule has 0 saturated carbocycles. The van der Waals surface area contributed by atoms with Crippen LogP contribution in [0.15, 0.2) is 36.4 Å². The molecule has 0 aliphatic rings. The van der Waals surface area contributed by atoms with Crippen molar-refractivity contribution < 1.29 is 19.4 Å². The molecule has 1 amide bonds. The third kappa shape index (κ3) is 7.94. The van der Waals surface area contributed by atoms with Crippen molar-refractivity contribution >= 4 is 11.9 Å². The molecule has 200 valence electrons. The van der Waals surface area contributed by atoms with E-state index in [4.69, 9.17) is 4.74 Å². The molecule has 37 heavy (non-hydrogen) atoms. The Bertz CT molecular complexity index is 1170. The minimum absolute atomic E-state index is 0.291. The average molecular weight is 506 g/mol. The van der Waals surface area contributed by atoms with Gasteiger partial charge in [0.05, 0.1) is 7.11 Å². The first-order valence-electron chi connectivity index (χ1n) is 13.3. The van der Waals surface area contributed by atoms with Crippen molar-refractivity contribution in [3.63, 3.8) is 0 Å². The van der Waals surface area contributed by atoms with Gasteiger partial charge in [0.1, 0.15) is 11.1 Å². The Morgan fingerprint density at radius 1 is 1.03 bits per heavy atom. The summed E-state index contributed by atoms with van der Waals surface area (Å²) in [5.41, 5.74) is 3.96. The Morgan fingerprint density at radius 3 is 2.24 bits per heavy atom. The Kier molecular flexibility index (Phi) is 10.5. The molecule has 0 aliphatic heterocycles. The number of hydrogen-bond acceptors (Lipinski definition) is 4. The normalized spacial score (nSPS) is 12.4. The maximum absolute atomic E-state index is 12.8. The largest absolute Gasteiger partial charge is 0.467 e. The van der Waals surface area contributed by atoms with Gasteiger partial charge in [-0.15, -0.1) is 0 Å². The molecule has 5 heteroatoms. The zero-order chi connectivity index (χ0) is 27.8. The summed E-state index contributed by atoms with van der Waals surface area (Å²) in [7, 11) is 1.31. The van der Waals surface area contributed by atoms with E-state index < -0.39 is 17.1 Å². The van der Waals surface area contributed by atoms with Crippen molar-refractivity contribution in [2.75, 3.05) is 7.11 Å². The van der Waals surface area contributed by atoms with Crippen LogP contribution in [0.25, 0.3) is 0 Å². The molecule has 0 aliphatic carbocycles. The van der Waals surface area contributed by atoms with E-state index in [9.17, 15) is 14.7 Å². The highest BCUT2D eigenvalue weighted by molar-refractivity contribution is 5.99. The number of benzene rings is 2. The molecule has 1 atom stereocenters. The van der Waals surface area contributed by atoms with Crippen LogP contribution in [-0.2, 0) is 16.0 Å². The zero-order valence-corrected chi connectivity index (χ0v) is 23.7. The third-order valence-corrected chi connectivity index (χ3v) is 7.25. The van der Waals surface area contributed by atoms with Crippen LogP contribution in [0.1, 0.15) is 104 Å². The van der Waals surface area contributed by atoms with Crippen molar-refractivity contribution in [1.82, 2.24) is 5.32 Å². The Hall–Kier alpha value is -3.10. The van der Waals surface area contributed by atoms with Gasteiger partial charge < -0.3 is 15.2 Å². The van der Waals surface area contributed by atoms with E-state index in [2.05, 4.69) is 55.3 Å². The molecule has 0 aromatic heterocycles. The van der Waals surface area contributed by atoms with E-state index >= 15 is 0 Å². The predicted octanol–water partition coefficient (Wildman–Crippen LogP) is 6.01. The number of esters is 1. The van der Waals surface area contributed by atoms with Gasteiger partial charge in [0.15, 0.2) is 0 Å². The van der Waals surface area contributed by atoms with E-state index in [1.807, 2.05) is 32.9 Å². The van der Waals surface area contributed by atoms with E-state index in [0.717, 1.165) is 36.0 Å². The Balaban J connectivity index is 2.11. The standard InChI is InChI=1S/C32H43NO4/c1-9-25(27-16-15-26(22(4)21-27)18-19-32(36,10-2)11-3)14-12-24-13-17-28(23(5)20-24)29(34)33-31(6,7)30(35)37-8/h13,15-17,20-21,25,36H,9-12,14H2,1-8H3,(H,33,34). The van der Waals surface area contributed by atoms with E-state index in [1.54, 1.807) is 13.8 Å². The summed E-state index contributed by atoms with van der Waals surface area (Å²) in [6.45, 7) is 13.4. The van der Waals surface area contributed by atoms with Crippen LogP contribution in [0.2, 0.25) is 0 Å². The van der Waals surface area contributed by atoms with E-state index in [0.29, 0.717) is 24.3 Å². The van der Waals surface area contributed by atoms with Gasteiger partial charge >= 0.3 is 5.97 Å². The van der Waals surface area contributed by atoms with Crippen LogP contribution in [-0.4, -0.2) is 35.2 Å². The highest BCUT2D eigenvalue weighted by atomic mass is 16.5. The summed E-state index contributed by atoms with van der Waals surface area (Å²) in [6, 6.07) is 12.3. The second-order valence-electron chi connectivity index (χ2n) is 10.4. The molecule has 0 radical (unpaired) electrons. The molecule has 5 nitrogen and oxygen atoms in total. The van der Waals surface area contributed by atoms with Crippen molar-refractivity contribution in [3.05, 3.63) is 69.8 Å². The van der Waals surface area contributed by atoms with E-state index in [1.165, 1.54) is 18.2 Å². The number of ether oxygens (including phenoxy) is 1. The third-order valence-electron chi connectivity index (χ3n) is 7.25. The number of hydrogen-bond donors (Lipinski definition) is 2. The average Bonchev–Trinajstić information content (AvgIpc) is 2.87. The summed E-state index contributed by atoms with van der Waals surface area (Å²) in [5, 5.41) is 13.2. The van der Waals surface area contributed by atoms with Crippen LogP contribution in [0.4, 0.5) is 0 Å². The molecule has 0 heterocycles. The second kappa shape index (κ2) is 12.9. The predicted molar refractivity (Wildman–Crippen MR) is 150 cm³/mol. The summed E-state index contributed by atoms with van der Waals surface area (Å²) in [5.74, 6) is 5.87. The van der Waals surface area contributed by atoms with Crippen molar-refractivity contribution in [2.24, 2.45) is 0 Å². The first kappa shape index (κ1) is 30.1. The van der Waals surface area contributed by atoms with Gasteiger partial charge in [0.2, 0.25) is 0 Å². The molecule has 0 saturated heterocycles. The maximum Gasteiger partial charge on any atom is 0.330 e. The molecule has 1 unspecified atom stereocenters. The highest BCUT2D eigenvalue weighted by Crippen LogP contribution is 2.27. The van der Waals surface area contributed by atoms with Gasteiger partial charge in [-0.25, -0.2) is 4.79 Å². The minimum atomic E-state index is -1.10. The minimum Gasteiger partial charge on any atom is -0.467 e. The van der Waals surface area contributed by atoms with Gasteiger partial charge in [-0.05, 0) is 100 Å². The van der Waals surface area contributed by atoms with Crippen molar-refractivity contribution in [2.45, 2.75) is 97.6 Å². The summed E-state index contributed by atoms with van der Waals surface area (Å²) in [4.78, 5) is 24.7. The summed E-state index contributed by atoms with van der Waals surface area (Å²) in [6.07, 6.45) is 4.14. The molecule has 2 N–H and O–H groups in total. The van der Waals surface area contributed by atoms with Gasteiger partial charge in [-0.1, -0.05) is 56.9 Å². The summed E-state index contributed by atoms with van der Waals surface area (Å²) < 4.78 is 4.78. The zero-order valence-electron chi connectivity index (χ0n) is 23.7. The molecule has 2 aromatic carbocycles. The van der Waals surface area contributed by atoms with Crippen LogP contribution < -0.4 is 5.32 Å². The van der Waals surface area contributed by atoms with Crippen LogP contribution in [0.5, 0.6) is 0 Å². The smallest absolute Gasteiger partial charge is 0.330 e. The maximum atomic E-state index is 12.8. The lowest BCUT2D eigenvalue weighted by Crippen LogP contribution is -2.50. The monoisotopic (exact) mass is 505 g/mol. The van der Waals surface area contributed by atoms with Gasteiger partial charge in [0, 0.05) is 11.1 Å². The Morgan fingerprint density at radius 2 is 1.70 bits per heavy atom. The van der Waals surface area contributed by atoms with Gasteiger partial charge in [-0.3, -0.25) is 4.79 Å².